The van der Waals surface area contributed by atoms with Gasteiger partial charge in [0.2, 0.25) is 0 Å². The maximum Gasteiger partial charge on any atom is 0.187 e. The minimum atomic E-state index is -1.47. The summed E-state index contributed by atoms with van der Waals surface area (Å²) in [5, 5.41) is 8.70. The molecule has 0 spiro atoms. The van der Waals surface area contributed by atoms with Gasteiger partial charge in [-0.25, -0.2) is 13.2 Å². The standard InChI is InChI=1S/C8H7F3OS/c9-5-1-4(3-7(11)13)2-6(10)8(5)12/h1-2,7,12-13H,3H2. The second-order valence-electron chi connectivity index (χ2n) is 2.55. The van der Waals surface area contributed by atoms with Crippen LogP contribution in [0.25, 0.3) is 0 Å². The highest BCUT2D eigenvalue weighted by molar-refractivity contribution is 7.80. The molecular weight excluding hydrogens is 201 g/mol. The van der Waals surface area contributed by atoms with Gasteiger partial charge < -0.3 is 5.11 Å². The van der Waals surface area contributed by atoms with Crippen LogP contribution in [0.15, 0.2) is 12.1 Å². The van der Waals surface area contributed by atoms with Crippen LogP contribution < -0.4 is 0 Å². The summed E-state index contributed by atoms with van der Waals surface area (Å²) >= 11 is 3.43. The Hall–Kier alpha value is -0.840. The zero-order valence-corrected chi connectivity index (χ0v) is 7.36. The Morgan fingerprint density at radius 1 is 1.31 bits per heavy atom. The summed E-state index contributed by atoms with van der Waals surface area (Å²) in [6, 6.07) is 1.75. The minimum Gasteiger partial charge on any atom is -0.503 e. The van der Waals surface area contributed by atoms with Crippen molar-refractivity contribution in [2.24, 2.45) is 0 Å². The van der Waals surface area contributed by atoms with Crippen molar-refractivity contribution < 1.29 is 18.3 Å². The molecule has 1 atom stereocenters. The van der Waals surface area contributed by atoms with Crippen molar-refractivity contribution in [3.05, 3.63) is 29.3 Å². The Balaban J connectivity index is 2.99. The molecular formula is C8H7F3OS. The van der Waals surface area contributed by atoms with E-state index in [9.17, 15) is 13.2 Å². The lowest BCUT2D eigenvalue weighted by Gasteiger charge is -2.03. The van der Waals surface area contributed by atoms with Crippen molar-refractivity contribution in [3.63, 3.8) is 0 Å². The van der Waals surface area contributed by atoms with Gasteiger partial charge in [-0.3, -0.25) is 0 Å². The molecule has 0 saturated heterocycles. The maximum atomic E-state index is 12.7. The fraction of sp³-hybridized carbons (Fsp3) is 0.250. The number of halogens is 3. The Morgan fingerprint density at radius 3 is 2.15 bits per heavy atom. The van der Waals surface area contributed by atoms with Crippen LogP contribution in [0.2, 0.25) is 0 Å². The first kappa shape index (κ1) is 10.2. The molecule has 0 saturated carbocycles. The van der Waals surface area contributed by atoms with Crippen LogP contribution in [-0.4, -0.2) is 10.6 Å². The first-order chi connectivity index (χ1) is 6.00. The van der Waals surface area contributed by atoms with E-state index < -0.39 is 22.9 Å². The van der Waals surface area contributed by atoms with Crippen LogP contribution in [-0.2, 0) is 6.42 Å². The van der Waals surface area contributed by atoms with E-state index >= 15 is 0 Å². The van der Waals surface area contributed by atoms with Crippen LogP contribution in [0, 0.1) is 11.6 Å². The van der Waals surface area contributed by atoms with Crippen LogP contribution in [0.3, 0.4) is 0 Å². The van der Waals surface area contributed by atoms with Crippen LogP contribution >= 0.6 is 12.6 Å². The number of thiol groups is 1. The number of phenolic OH excluding ortho intramolecular Hbond substituents is 1. The van der Waals surface area contributed by atoms with E-state index in [1.54, 1.807) is 0 Å². The zero-order chi connectivity index (χ0) is 10.0. The molecule has 0 aromatic heterocycles. The molecule has 1 aromatic rings. The van der Waals surface area contributed by atoms with Crippen molar-refractivity contribution in [1.29, 1.82) is 0 Å². The molecule has 13 heavy (non-hydrogen) atoms. The van der Waals surface area contributed by atoms with E-state index in [-0.39, 0.29) is 12.0 Å². The van der Waals surface area contributed by atoms with Gasteiger partial charge in [-0.05, 0) is 17.7 Å². The fourth-order valence-corrected chi connectivity index (χ4v) is 1.14. The predicted octanol–water partition coefficient (Wildman–Crippen LogP) is 2.44. The van der Waals surface area contributed by atoms with Crippen molar-refractivity contribution in [1.82, 2.24) is 0 Å². The van der Waals surface area contributed by atoms with E-state index in [1.165, 1.54) is 0 Å². The second-order valence-corrected chi connectivity index (χ2v) is 3.11. The first-order valence-electron chi connectivity index (χ1n) is 3.49. The third-order valence-electron chi connectivity index (χ3n) is 1.48. The van der Waals surface area contributed by atoms with Crippen LogP contribution in [0.1, 0.15) is 5.56 Å². The average molecular weight is 208 g/mol. The average Bonchev–Trinajstić information content (AvgIpc) is 1.98. The fourth-order valence-electron chi connectivity index (χ4n) is 0.930. The molecule has 0 bridgehead atoms. The van der Waals surface area contributed by atoms with Crippen LogP contribution in [0.4, 0.5) is 13.2 Å². The highest BCUT2D eigenvalue weighted by atomic mass is 32.1. The smallest absolute Gasteiger partial charge is 0.187 e. The predicted molar refractivity (Wildman–Crippen MR) is 45.6 cm³/mol. The van der Waals surface area contributed by atoms with Crippen molar-refractivity contribution in [2.75, 3.05) is 0 Å². The molecule has 1 aromatic carbocycles. The summed E-state index contributed by atoms with van der Waals surface area (Å²) in [4.78, 5) is 0. The number of hydrogen-bond donors (Lipinski definition) is 2. The molecule has 5 heteroatoms. The molecule has 0 aliphatic heterocycles. The molecule has 0 aliphatic rings. The normalized spacial score (nSPS) is 12.9. The van der Waals surface area contributed by atoms with E-state index in [1.807, 2.05) is 0 Å². The van der Waals surface area contributed by atoms with Crippen LogP contribution in [0.5, 0.6) is 5.75 Å². The van der Waals surface area contributed by atoms with Gasteiger partial charge in [-0.2, -0.15) is 0 Å². The Bertz CT molecular complexity index is 291. The number of benzene rings is 1. The highest BCUT2D eigenvalue weighted by Gasteiger charge is 2.11. The molecule has 1 rings (SSSR count). The van der Waals surface area contributed by atoms with Gasteiger partial charge >= 0.3 is 0 Å². The van der Waals surface area contributed by atoms with Gasteiger partial charge in [0.25, 0.3) is 0 Å². The Labute approximate surface area is 78.6 Å². The molecule has 0 amide bonds. The summed E-state index contributed by atoms with van der Waals surface area (Å²) in [6.07, 6.45) is -0.197. The molecule has 1 N–H and O–H groups in total. The van der Waals surface area contributed by atoms with Gasteiger partial charge in [0, 0.05) is 6.42 Å². The summed E-state index contributed by atoms with van der Waals surface area (Å²) in [7, 11) is 0. The number of phenols is 1. The monoisotopic (exact) mass is 208 g/mol. The van der Waals surface area contributed by atoms with E-state index in [2.05, 4.69) is 12.6 Å². The number of rotatable bonds is 2. The maximum absolute atomic E-state index is 12.7. The molecule has 1 unspecified atom stereocenters. The third-order valence-corrected chi connectivity index (χ3v) is 1.66. The molecule has 0 radical (unpaired) electrons. The lowest BCUT2D eigenvalue weighted by Crippen LogP contribution is -1.97. The lowest BCUT2D eigenvalue weighted by molar-refractivity contribution is 0.393. The first-order valence-corrected chi connectivity index (χ1v) is 4.01. The quantitative estimate of drug-likeness (QED) is 0.715. The lowest BCUT2D eigenvalue weighted by atomic mass is 10.1. The van der Waals surface area contributed by atoms with Crippen molar-refractivity contribution in [3.8, 4) is 5.75 Å². The van der Waals surface area contributed by atoms with Gasteiger partial charge in [0.1, 0.15) is 5.50 Å². The summed E-state index contributed by atoms with van der Waals surface area (Å²) < 4.78 is 37.6. The SMILES string of the molecule is Oc1c(F)cc(CC(F)S)cc1F. The molecule has 0 heterocycles. The molecule has 1 nitrogen and oxygen atoms in total. The van der Waals surface area contributed by atoms with Crippen molar-refractivity contribution in [2.45, 2.75) is 11.9 Å². The Kier molecular flexibility index (Phi) is 3.08. The molecule has 0 aliphatic carbocycles. The second kappa shape index (κ2) is 3.91. The molecule has 0 fully saturated rings. The zero-order valence-electron chi connectivity index (χ0n) is 6.47. The topological polar surface area (TPSA) is 20.2 Å². The van der Waals surface area contributed by atoms with Crippen molar-refractivity contribution >= 4 is 12.6 Å². The van der Waals surface area contributed by atoms with E-state index in [0.29, 0.717) is 0 Å². The summed E-state index contributed by atoms with van der Waals surface area (Å²) in [5.74, 6) is -3.23. The number of aromatic hydroxyl groups is 1. The Morgan fingerprint density at radius 2 is 1.77 bits per heavy atom. The molecule has 72 valence electrons. The largest absolute Gasteiger partial charge is 0.503 e. The van der Waals surface area contributed by atoms with Gasteiger partial charge in [-0.15, -0.1) is 12.6 Å². The van der Waals surface area contributed by atoms with Gasteiger partial charge in [-0.1, -0.05) is 0 Å². The highest BCUT2D eigenvalue weighted by Crippen LogP contribution is 2.22. The summed E-state index contributed by atoms with van der Waals surface area (Å²) in [5.41, 5.74) is -1.35. The third kappa shape index (κ3) is 2.55. The minimum absolute atomic E-state index is 0.121. The van der Waals surface area contributed by atoms with E-state index in [4.69, 9.17) is 5.11 Å². The van der Waals surface area contributed by atoms with E-state index in [0.717, 1.165) is 12.1 Å². The number of hydrogen-bond acceptors (Lipinski definition) is 2. The van der Waals surface area contributed by atoms with Gasteiger partial charge in [0.15, 0.2) is 17.4 Å². The van der Waals surface area contributed by atoms with Gasteiger partial charge in [0.05, 0.1) is 0 Å². The number of alkyl halides is 1. The summed E-state index contributed by atoms with van der Waals surface area (Å²) in [6.45, 7) is 0.